The molecule has 0 radical (unpaired) electrons. The molecule has 78 valence electrons. The van der Waals surface area contributed by atoms with Gasteiger partial charge in [-0.25, -0.2) is 5.10 Å². The van der Waals surface area contributed by atoms with Crippen molar-refractivity contribution in [3.63, 3.8) is 0 Å². The topological polar surface area (TPSA) is 58.6 Å². The van der Waals surface area contributed by atoms with E-state index in [1.807, 2.05) is 18.2 Å². The maximum atomic E-state index is 11.6. The normalized spacial score (nSPS) is 10.8. The van der Waals surface area contributed by atoms with Crippen LogP contribution in [0.3, 0.4) is 0 Å². The van der Waals surface area contributed by atoms with Gasteiger partial charge in [-0.2, -0.15) is 5.10 Å². The van der Waals surface area contributed by atoms with Crippen molar-refractivity contribution in [1.82, 2.24) is 15.2 Å². The minimum atomic E-state index is -0.163. The molecule has 4 nitrogen and oxygen atoms in total. The van der Waals surface area contributed by atoms with Crippen LogP contribution in [-0.2, 0) is 0 Å². The molecule has 0 unspecified atom stereocenters. The number of fused-ring (bicyclic) bond motifs is 1. The molecule has 1 aromatic carbocycles. The molecule has 0 atom stereocenters. The molecule has 1 N–H and O–H groups in total. The number of hydrogen-bond acceptors (Lipinski definition) is 4. The van der Waals surface area contributed by atoms with E-state index in [9.17, 15) is 4.79 Å². The third-order valence-corrected chi connectivity index (χ3v) is 3.14. The van der Waals surface area contributed by atoms with Crippen LogP contribution in [0.5, 0.6) is 0 Å². The molecular weight excluding hydrogens is 222 g/mol. The molecule has 0 aliphatic rings. The second kappa shape index (κ2) is 3.53. The lowest BCUT2D eigenvalue weighted by atomic mass is 10.1. The van der Waals surface area contributed by atoms with Gasteiger partial charge in [0.25, 0.3) is 5.56 Å². The van der Waals surface area contributed by atoms with Crippen LogP contribution in [0.4, 0.5) is 0 Å². The first kappa shape index (κ1) is 9.23. The molecular formula is C11H7N3OS. The van der Waals surface area contributed by atoms with Crippen molar-refractivity contribution in [3.8, 4) is 10.6 Å². The Labute approximate surface area is 94.6 Å². The van der Waals surface area contributed by atoms with Crippen molar-refractivity contribution < 1.29 is 0 Å². The highest BCUT2D eigenvalue weighted by Crippen LogP contribution is 2.26. The minimum absolute atomic E-state index is 0.163. The largest absolute Gasteiger partial charge is 0.272 e. The number of nitrogens with one attached hydrogen (secondary N) is 1. The van der Waals surface area contributed by atoms with Crippen molar-refractivity contribution in [1.29, 1.82) is 0 Å². The summed E-state index contributed by atoms with van der Waals surface area (Å²) in [7, 11) is 0. The number of rotatable bonds is 1. The van der Waals surface area contributed by atoms with E-state index in [-0.39, 0.29) is 5.56 Å². The smallest absolute Gasteiger partial charge is 0.267 e. The Kier molecular flexibility index (Phi) is 2.04. The fourth-order valence-electron chi connectivity index (χ4n) is 1.64. The number of thiazole rings is 1. The molecule has 16 heavy (non-hydrogen) atoms. The summed E-state index contributed by atoms with van der Waals surface area (Å²) in [6, 6.07) is 7.43. The molecule has 0 aliphatic carbocycles. The highest BCUT2D eigenvalue weighted by atomic mass is 32.1. The first-order valence-electron chi connectivity index (χ1n) is 4.72. The van der Waals surface area contributed by atoms with E-state index in [1.54, 1.807) is 17.8 Å². The van der Waals surface area contributed by atoms with Crippen LogP contribution in [0.1, 0.15) is 0 Å². The van der Waals surface area contributed by atoms with Crippen molar-refractivity contribution in [2.75, 3.05) is 0 Å². The van der Waals surface area contributed by atoms with Gasteiger partial charge in [-0.3, -0.25) is 9.78 Å². The second-order valence-electron chi connectivity index (χ2n) is 3.31. The molecule has 5 heteroatoms. The Balaban J connectivity index is 2.43. The van der Waals surface area contributed by atoms with Gasteiger partial charge >= 0.3 is 0 Å². The first-order valence-corrected chi connectivity index (χ1v) is 5.60. The summed E-state index contributed by atoms with van der Waals surface area (Å²) in [5.74, 6) is 0. The molecule has 0 bridgehead atoms. The summed E-state index contributed by atoms with van der Waals surface area (Å²) in [5, 5.41) is 8.10. The van der Waals surface area contributed by atoms with Crippen LogP contribution in [0.15, 0.2) is 40.8 Å². The second-order valence-corrected chi connectivity index (χ2v) is 4.20. The van der Waals surface area contributed by atoms with E-state index < -0.39 is 0 Å². The predicted octanol–water partition coefficient (Wildman–Crippen LogP) is 2.05. The fourth-order valence-corrected chi connectivity index (χ4v) is 2.26. The summed E-state index contributed by atoms with van der Waals surface area (Å²) in [6.07, 6.45) is 1.75. The van der Waals surface area contributed by atoms with Crippen molar-refractivity contribution >= 4 is 22.1 Å². The zero-order chi connectivity index (χ0) is 11.0. The Hall–Kier alpha value is -2.01. The maximum absolute atomic E-state index is 11.6. The summed E-state index contributed by atoms with van der Waals surface area (Å²) >= 11 is 1.50. The third-order valence-electron chi connectivity index (χ3n) is 2.36. The van der Waals surface area contributed by atoms with Gasteiger partial charge in [0.05, 0.1) is 15.8 Å². The molecule has 3 rings (SSSR count). The molecule has 2 heterocycles. The van der Waals surface area contributed by atoms with E-state index in [2.05, 4.69) is 15.2 Å². The van der Waals surface area contributed by atoms with E-state index in [4.69, 9.17) is 0 Å². The van der Waals surface area contributed by atoms with Gasteiger partial charge < -0.3 is 0 Å². The predicted molar refractivity (Wildman–Crippen MR) is 63.5 cm³/mol. The van der Waals surface area contributed by atoms with E-state index in [0.717, 1.165) is 16.0 Å². The van der Waals surface area contributed by atoms with Crippen molar-refractivity contribution in [2.24, 2.45) is 0 Å². The van der Waals surface area contributed by atoms with Crippen LogP contribution < -0.4 is 5.56 Å². The van der Waals surface area contributed by atoms with Gasteiger partial charge in [0.15, 0.2) is 0 Å². The number of H-pyrrole nitrogens is 1. The lowest BCUT2D eigenvalue weighted by Crippen LogP contribution is -2.08. The molecule has 0 saturated heterocycles. The molecule has 2 aromatic heterocycles. The minimum Gasteiger partial charge on any atom is -0.267 e. The summed E-state index contributed by atoms with van der Waals surface area (Å²) in [5.41, 5.74) is 2.36. The fraction of sp³-hybridized carbons (Fsp3) is 0. The quantitative estimate of drug-likeness (QED) is 0.694. The Morgan fingerprint density at radius 1 is 1.19 bits per heavy atom. The summed E-state index contributed by atoms with van der Waals surface area (Å²) < 4.78 is 0. The van der Waals surface area contributed by atoms with Gasteiger partial charge in [0.1, 0.15) is 5.69 Å². The van der Waals surface area contributed by atoms with Crippen LogP contribution >= 0.6 is 11.3 Å². The van der Waals surface area contributed by atoms with Gasteiger partial charge in [0, 0.05) is 11.6 Å². The Bertz CT molecular complexity index is 688. The summed E-state index contributed by atoms with van der Waals surface area (Å²) in [4.78, 5) is 16.5. The SMILES string of the molecule is O=c1[nH]nc(-c2cncs2)c2ccccc12. The zero-order valence-electron chi connectivity index (χ0n) is 8.18. The highest BCUT2D eigenvalue weighted by molar-refractivity contribution is 7.13. The Morgan fingerprint density at radius 3 is 2.75 bits per heavy atom. The third kappa shape index (κ3) is 1.33. The van der Waals surface area contributed by atoms with Crippen molar-refractivity contribution in [3.05, 3.63) is 46.3 Å². The highest BCUT2D eigenvalue weighted by Gasteiger charge is 2.08. The lowest BCUT2D eigenvalue weighted by Gasteiger charge is -2.01. The number of nitrogens with zero attached hydrogens (tertiary/aromatic N) is 2. The zero-order valence-corrected chi connectivity index (χ0v) is 8.99. The van der Waals surface area contributed by atoms with E-state index in [1.165, 1.54) is 11.3 Å². The van der Waals surface area contributed by atoms with Crippen LogP contribution in [0.25, 0.3) is 21.3 Å². The number of aromatic nitrogens is 3. The average Bonchev–Trinajstić information content (AvgIpc) is 2.83. The monoisotopic (exact) mass is 229 g/mol. The number of benzene rings is 1. The molecule has 0 saturated carbocycles. The number of hydrogen-bond donors (Lipinski definition) is 1. The standard InChI is InChI=1S/C11H7N3OS/c15-11-8-4-2-1-3-7(8)10(13-14-11)9-5-12-6-16-9/h1-6H,(H,14,15). The molecule has 0 spiro atoms. The van der Waals surface area contributed by atoms with Gasteiger partial charge in [0.2, 0.25) is 0 Å². The molecule has 0 fully saturated rings. The summed E-state index contributed by atoms with van der Waals surface area (Å²) in [6.45, 7) is 0. The molecule has 0 amide bonds. The van der Waals surface area contributed by atoms with Crippen molar-refractivity contribution in [2.45, 2.75) is 0 Å². The molecule has 3 aromatic rings. The average molecular weight is 229 g/mol. The number of aromatic amines is 1. The first-order chi connectivity index (χ1) is 7.86. The maximum Gasteiger partial charge on any atom is 0.272 e. The van der Waals surface area contributed by atoms with Crippen LogP contribution in [-0.4, -0.2) is 15.2 Å². The molecule has 0 aliphatic heterocycles. The van der Waals surface area contributed by atoms with Gasteiger partial charge in [-0.05, 0) is 6.07 Å². The van der Waals surface area contributed by atoms with Gasteiger partial charge in [-0.15, -0.1) is 11.3 Å². The van der Waals surface area contributed by atoms with Crippen LogP contribution in [0, 0.1) is 0 Å². The van der Waals surface area contributed by atoms with E-state index in [0.29, 0.717) is 5.39 Å². The Morgan fingerprint density at radius 2 is 2.00 bits per heavy atom. The lowest BCUT2D eigenvalue weighted by molar-refractivity contribution is 1.02. The van der Waals surface area contributed by atoms with E-state index >= 15 is 0 Å². The van der Waals surface area contributed by atoms with Gasteiger partial charge in [-0.1, -0.05) is 18.2 Å². The van der Waals surface area contributed by atoms with Crippen LogP contribution in [0.2, 0.25) is 0 Å².